The standard InChI is InChI=1S/C10H13N5O4/c11-8-5-9(13-2-12-8)15(3-14-5)10-7(18)6(17)4(1-16)19-10/h2-4,6-7,10,16-18H,1H2,(H2,11,12,13)/t4-,6-,7-,10-/m1/s1/i3+1,12+1,14+1. The first-order valence-electron chi connectivity index (χ1n) is 5.69. The number of hydrogen-bond acceptors (Lipinski definition) is 8. The van der Waals surface area contributed by atoms with Crippen molar-refractivity contribution in [1.82, 2.24) is 19.5 Å². The zero-order valence-corrected chi connectivity index (χ0v) is 9.79. The number of aliphatic hydroxyl groups is 3. The molecular weight excluding hydrogens is 257 g/mol. The average Bonchev–Trinajstić information content (AvgIpc) is 2.94. The van der Waals surface area contributed by atoms with Gasteiger partial charge in [0.05, 0.1) is 12.9 Å². The predicted octanol–water partition coefficient (Wildman–Crippen LogP) is -1.98. The molecule has 102 valence electrons. The van der Waals surface area contributed by atoms with Crippen LogP contribution in [-0.2, 0) is 4.74 Å². The van der Waals surface area contributed by atoms with E-state index in [9.17, 15) is 10.2 Å². The third-order valence-electron chi connectivity index (χ3n) is 3.18. The molecule has 0 spiro atoms. The Morgan fingerprint density at radius 3 is 2.74 bits per heavy atom. The zero-order chi connectivity index (χ0) is 13.6. The first kappa shape index (κ1) is 12.2. The monoisotopic (exact) mass is 270 g/mol. The van der Waals surface area contributed by atoms with E-state index in [1.165, 1.54) is 17.2 Å². The summed E-state index contributed by atoms with van der Waals surface area (Å²) in [6.45, 7) is -0.390. The Balaban J connectivity index is 2.04. The molecule has 3 rings (SSSR count). The molecule has 2 aromatic rings. The van der Waals surface area contributed by atoms with Crippen molar-refractivity contribution in [2.75, 3.05) is 12.3 Å². The number of hydrogen-bond donors (Lipinski definition) is 4. The van der Waals surface area contributed by atoms with Crippen LogP contribution in [0.3, 0.4) is 0 Å². The van der Waals surface area contributed by atoms with E-state index in [2.05, 4.69) is 15.0 Å². The summed E-state index contributed by atoms with van der Waals surface area (Å²) in [5.41, 5.74) is 6.44. The van der Waals surface area contributed by atoms with Gasteiger partial charge >= 0.3 is 0 Å². The number of aliphatic hydroxyl groups excluding tert-OH is 3. The van der Waals surface area contributed by atoms with Gasteiger partial charge in [-0.15, -0.1) is 0 Å². The largest absolute Gasteiger partial charge is 0.394 e. The van der Waals surface area contributed by atoms with Crippen molar-refractivity contribution in [1.29, 1.82) is 0 Å². The molecule has 1 aliphatic heterocycles. The van der Waals surface area contributed by atoms with Gasteiger partial charge in [0.2, 0.25) is 0 Å². The van der Waals surface area contributed by atoms with Gasteiger partial charge in [-0.05, 0) is 0 Å². The van der Waals surface area contributed by atoms with Gasteiger partial charge in [-0.1, -0.05) is 0 Å². The third-order valence-corrected chi connectivity index (χ3v) is 3.18. The van der Waals surface area contributed by atoms with Crippen LogP contribution in [0.5, 0.6) is 0 Å². The molecule has 0 unspecified atom stereocenters. The number of nitrogens with zero attached hydrogens (tertiary/aromatic N) is 4. The van der Waals surface area contributed by atoms with Crippen molar-refractivity contribution in [3.63, 3.8) is 0 Å². The van der Waals surface area contributed by atoms with E-state index in [4.69, 9.17) is 15.6 Å². The van der Waals surface area contributed by atoms with Crippen LogP contribution in [0.2, 0.25) is 0 Å². The van der Waals surface area contributed by atoms with E-state index in [-0.39, 0.29) is 5.82 Å². The highest BCUT2D eigenvalue weighted by atomic mass is 16.6. The lowest BCUT2D eigenvalue weighted by molar-refractivity contribution is -0.0511. The molecule has 0 aliphatic carbocycles. The summed E-state index contributed by atoms with van der Waals surface area (Å²) in [6, 6.07) is 0. The van der Waals surface area contributed by atoms with Gasteiger partial charge in [-0.2, -0.15) is 0 Å². The second kappa shape index (κ2) is 4.38. The molecule has 0 radical (unpaired) electrons. The quantitative estimate of drug-likeness (QED) is 0.492. The van der Waals surface area contributed by atoms with E-state index in [1.807, 2.05) is 0 Å². The zero-order valence-electron chi connectivity index (χ0n) is 9.79. The maximum Gasteiger partial charge on any atom is 0.167 e. The van der Waals surface area contributed by atoms with Gasteiger partial charge in [-0.25, -0.2) is 15.0 Å². The number of imidazole rings is 1. The molecule has 19 heavy (non-hydrogen) atoms. The fourth-order valence-electron chi connectivity index (χ4n) is 2.17. The Morgan fingerprint density at radius 1 is 1.26 bits per heavy atom. The van der Waals surface area contributed by atoms with Crippen LogP contribution in [0.1, 0.15) is 6.23 Å². The minimum absolute atomic E-state index is 0.218. The molecule has 5 N–H and O–H groups in total. The minimum Gasteiger partial charge on any atom is -0.394 e. The summed E-state index contributed by atoms with van der Waals surface area (Å²) in [5.74, 6) is 0.218. The Bertz CT molecular complexity index is 603. The molecule has 2 aromatic heterocycles. The van der Waals surface area contributed by atoms with Crippen molar-refractivity contribution in [2.24, 2.45) is 0 Å². The summed E-state index contributed by atoms with van der Waals surface area (Å²) in [4.78, 5) is 11.9. The summed E-state index contributed by atoms with van der Waals surface area (Å²) < 4.78 is 6.85. The number of anilines is 1. The van der Waals surface area contributed by atoms with Crippen LogP contribution in [-0.4, -0.2) is 59.8 Å². The summed E-state index contributed by atoms with van der Waals surface area (Å²) in [6.07, 6.45) is -1.42. The molecule has 4 atom stereocenters. The average molecular weight is 270 g/mol. The molecule has 9 heteroatoms. The maximum absolute atomic E-state index is 9.95. The van der Waals surface area contributed by atoms with Gasteiger partial charge < -0.3 is 25.8 Å². The van der Waals surface area contributed by atoms with E-state index in [1.54, 1.807) is 0 Å². The SMILES string of the molecule is Nc1[15n]cnc2c1[15n][13cH]n2[C@@H]1O[C@H](CO)[C@@H](O)[C@H]1O. The highest BCUT2D eigenvalue weighted by molar-refractivity contribution is 5.81. The second-order valence-corrected chi connectivity index (χ2v) is 4.31. The number of nitrogen functional groups attached to an aromatic ring is 1. The van der Waals surface area contributed by atoms with Crippen LogP contribution in [0.4, 0.5) is 5.82 Å². The lowest BCUT2D eigenvalue weighted by Crippen LogP contribution is -2.33. The number of fused-ring (bicyclic) bond motifs is 1. The van der Waals surface area contributed by atoms with E-state index >= 15 is 0 Å². The van der Waals surface area contributed by atoms with E-state index in [0.717, 1.165) is 0 Å². The number of nitrogens with two attached hydrogens (primary N) is 1. The third kappa shape index (κ3) is 1.75. The second-order valence-electron chi connectivity index (χ2n) is 4.31. The number of aromatic nitrogens is 4. The lowest BCUT2D eigenvalue weighted by Gasteiger charge is -2.16. The molecule has 1 aliphatic rings. The maximum atomic E-state index is 9.95. The molecule has 9 nitrogen and oxygen atoms in total. The van der Waals surface area contributed by atoms with Crippen molar-refractivity contribution >= 4 is 17.0 Å². The first-order valence-corrected chi connectivity index (χ1v) is 5.69. The summed E-state index contributed by atoms with van der Waals surface area (Å²) in [5, 5.41) is 28.7. The van der Waals surface area contributed by atoms with Gasteiger partial charge in [0, 0.05) is 0 Å². The summed E-state index contributed by atoms with van der Waals surface area (Å²) >= 11 is 0. The van der Waals surface area contributed by atoms with Crippen LogP contribution < -0.4 is 5.73 Å². The van der Waals surface area contributed by atoms with E-state index in [0.29, 0.717) is 11.2 Å². The summed E-state index contributed by atoms with van der Waals surface area (Å²) in [7, 11) is 0. The Labute approximate surface area is 107 Å². The Morgan fingerprint density at radius 2 is 2.05 bits per heavy atom. The molecule has 0 aromatic carbocycles. The van der Waals surface area contributed by atoms with Crippen molar-refractivity contribution in [3.05, 3.63) is 12.7 Å². The van der Waals surface area contributed by atoms with Crippen molar-refractivity contribution < 1.29 is 20.1 Å². The van der Waals surface area contributed by atoms with Gasteiger partial charge in [-0.3, -0.25) is 4.57 Å². The Hall–Kier alpha value is -1.81. The van der Waals surface area contributed by atoms with Gasteiger partial charge in [0.15, 0.2) is 17.7 Å². The molecule has 1 saturated heterocycles. The Kier molecular flexibility index (Phi) is 2.82. The van der Waals surface area contributed by atoms with Crippen molar-refractivity contribution in [3.8, 4) is 0 Å². The molecule has 0 bridgehead atoms. The first-order chi connectivity index (χ1) is 9.13. The fraction of sp³-hybridized carbons (Fsp3) is 0.500. The molecule has 1 fully saturated rings. The lowest BCUT2D eigenvalue weighted by atomic mass is 10.1. The molecular formula is C10H13N5O4. The van der Waals surface area contributed by atoms with Crippen LogP contribution in [0, 0.1) is 0 Å². The highest BCUT2D eigenvalue weighted by Gasteiger charge is 2.43. The molecule has 3 heterocycles. The normalized spacial score (nSPS) is 31.1. The van der Waals surface area contributed by atoms with Crippen LogP contribution in [0.15, 0.2) is 12.7 Å². The predicted molar refractivity (Wildman–Crippen MR) is 62.7 cm³/mol. The smallest absolute Gasteiger partial charge is 0.167 e. The molecule has 0 saturated carbocycles. The number of ether oxygens (including phenoxy) is 1. The van der Waals surface area contributed by atoms with Crippen LogP contribution >= 0.6 is 0 Å². The minimum atomic E-state index is -1.19. The number of rotatable bonds is 2. The molecule has 0 amide bonds. The van der Waals surface area contributed by atoms with E-state index < -0.39 is 31.1 Å². The highest BCUT2D eigenvalue weighted by Crippen LogP contribution is 2.31. The fourth-order valence-corrected chi connectivity index (χ4v) is 2.17. The van der Waals surface area contributed by atoms with Gasteiger partial charge in [0.25, 0.3) is 0 Å². The topological polar surface area (TPSA) is 140 Å². The van der Waals surface area contributed by atoms with Crippen molar-refractivity contribution in [2.45, 2.75) is 24.5 Å². The van der Waals surface area contributed by atoms with Gasteiger partial charge in [0.1, 0.15) is 30.2 Å². The van der Waals surface area contributed by atoms with Crippen LogP contribution in [0.25, 0.3) is 11.2 Å².